The number of carbonyl (C=O) groups excluding carboxylic acids is 1. The minimum atomic E-state index is 0.0511. The minimum Gasteiger partial charge on any atom is -0.356 e. The van der Waals surface area contributed by atoms with Crippen molar-refractivity contribution in [3.05, 3.63) is 42.1 Å². The number of amides is 1. The van der Waals surface area contributed by atoms with Gasteiger partial charge in [0.15, 0.2) is 10.8 Å². The van der Waals surface area contributed by atoms with Crippen molar-refractivity contribution in [3.63, 3.8) is 0 Å². The Hall–Kier alpha value is -2.26. The second-order valence-electron chi connectivity index (χ2n) is 8.16. The molecule has 1 fully saturated rings. The van der Waals surface area contributed by atoms with Gasteiger partial charge in [-0.1, -0.05) is 49.0 Å². The van der Waals surface area contributed by atoms with Gasteiger partial charge in [0.05, 0.1) is 23.9 Å². The van der Waals surface area contributed by atoms with Crippen LogP contribution in [0.1, 0.15) is 38.2 Å². The van der Waals surface area contributed by atoms with E-state index in [4.69, 9.17) is 9.97 Å². The molecule has 3 aromatic rings. The van der Waals surface area contributed by atoms with Crippen molar-refractivity contribution in [2.45, 2.75) is 50.1 Å². The largest absolute Gasteiger partial charge is 0.356 e. The fourth-order valence-corrected chi connectivity index (χ4v) is 5.38. The molecule has 4 rings (SSSR count). The van der Waals surface area contributed by atoms with Crippen molar-refractivity contribution < 1.29 is 4.79 Å². The minimum absolute atomic E-state index is 0.0511. The fourth-order valence-electron chi connectivity index (χ4n) is 3.88. The van der Waals surface area contributed by atoms with Gasteiger partial charge in [-0.15, -0.1) is 11.8 Å². The molecular weight excluding hydrogens is 452 g/mol. The van der Waals surface area contributed by atoms with Gasteiger partial charge in [0.25, 0.3) is 0 Å². The molecular formula is C24H32N6OS2. The number of rotatable bonds is 11. The van der Waals surface area contributed by atoms with Gasteiger partial charge in [0.2, 0.25) is 5.91 Å². The van der Waals surface area contributed by atoms with Crippen LogP contribution in [0, 0.1) is 0 Å². The average molecular weight is 485 g/mol. The van der Waals surface area contributed by atoms with E-state index in [1.165, 1.54) is 24.8 Å². The Balaban J connectivity index is 1.37. The second kappa shape index (κ2) is 12.3. The van der Waals surface area contributed by atoms with Crippen molar-refractivity contribution in [1.29, 1.82) is 0 Å². The Morgan fingerprint density at radius 3 is 2.73 bits per heavy atom. The van der Waals surface area contributed by atoms with E-state index in [1.54, 1.807) is 23.5 Å². The number of nitrogens with one attached hydrogen (secondary N) is 1. The van der Waals surface area contributed by atoms with Crippen LogP contribution in [0.5, 0.6) is 0 Å². The first-order valence-corrected chi connectivity index (χ1v) is 13.9. The van der Waals surface area contributed by atoms with Gasteiger partial charge in [-0.25, -0.2) is 14.6 Å². The van der Waals surface area contributed by atoms with Crippen LogP contribution in [0.2, 0.25) is 0 Å². The summed E-state index contributed by atoms with van der Waals surface area (Å²) in [6, 6.07) is 10.2. The van der Waals surface area contributed by atoms with Crippen LogP contribution in [0.25, 0.3) is 11.0 Å². The molecule has 2 aromatic heterocycles. The Morgan fingerprint density at radius 2 is 1.94 bits per heavy atom. The van der Waals surface area contributed by atoms with Gasteiger partial charge < -0.3 is 10.2 Å². The first kappa shape index (κ1) is 23.9. The Morgan fingerprint density at radius 1 is 1.12 bits per heavy atom. The normalized spacial score (nSPS) is 14.0. The SMILES string of the molecule is CCCSc1nc(N2CCCCC2)c2cnn(CCNC(=O)CSCc3ccccc3)c2n1. The fraction of sp³-hybridized carbons (Fsp3) is 0.500. The van der Waals surface area contributed by atoms with Crippen LogP contribution >= 0.6 is 23.5 Å². The lowest BCUT2D eigenvalue weighted by atomic mass is 10.1. The summed E-state index contributed by atoms with van der Waals surface area (Å²) in [4.78, 5) is 24.3. The topological polar surface area (TPSA) is 75.9 Å². The predicted molar refractivity (Wildman–Crippen MR) is 138 cm³/mol. The van der Waals surface area contributed by atoms with E-state index in [9.17, 15) is 4.79 Å². The standard InChI is InChI=1S/C24H32N6OS2/c1-2-15-33-24-27-22(29-12-7-4-8-13-29)20-16-26-30(23(20)28-24)14-11-25-21(31)18-32-17-19-9-5-3-6-10-19/h3,5-6,9-10,16H,2,4,7-8,11-15,17-18H2,1H3,(H,25,31). The number of aromatic nitrogens is 4. The molecule has 0 aliphatic carbocycles. The first-order chi connectivity index (χ1) is 16.2. The third-order valence-electron chi connectivity index (χ3n) is 5.54. The van der Waals surface area contributed by atoms with Crippen LogP contribution in [0.4, 0.5) is 5.82 Å². The van der Waals surface area contributed by atoms with Gasteiger partial charge in [-0.3, -0.25) is 4.79 Å². The summed E-state index contributed by atoms with van der Waals surface area (Å²) in [5.74, 6) is 3.34. The molecule has 0 unspecified atom stereocenters. The van der Waals surface area contributed by atoms with Crippen LogP contribution in [-0.4, -0.2) is 56.8 Å². The number of nitrogens with zero attached hydrogens (tertiary/aromatic N) is 5. The maximum absolute atomic E-state index is 12.3. The van der Waals surface area contributed by atoms with E-state index in [2.05, 4.69) is 34.4 Å². The molecule has 0 radical (unpaired) electrons. The summed E-state index contributed by atoms with van der Waals surface area (Å²) < 4.78 is 1.90. The number of fused-ring (bicyclic) bond motifs is 1. The highest BCUT2D eigenvalue weighted by molar-refractivity contribution is 7.99. The van der Waals surface area contributed by atoms with Gasteiger partial charge >= 0.3 is 0 Å². The Kier molecular flexibility index (Phi) is 8.88. The third kappa shape index (κ3) is 6.63. The number of piperidine rings is 1. The predicted octanol–water partition coefficient (Wildman–Crippen LogP) is 4.37. The third-order valence-corrected chi connectivity index (χ3v) is 7.59. The smallest absolute Gasteiger partial charge is 0.230 e. The highest BCUT2D eigenvalue weighted by Crippen LogP contribution is 2.29. The van der Waals surface area contributed by atoms with Gasteiger partial charge in [0, 0.05) is 31.1 Å². The van der Waals surface area contributed by atoms with Gasteiger partial charge in [-0.2, -0.15) is 5.10 Å². The van der Waals surface area contributed by atoms with Crippen molar-refractivity contribution in [2.24, 2.45) is 0 Å². The lowest BCUT2D eigenvalue weighted by molar-refractivity contribution is -0.118. The monoisotopic (exact) mass is 484 g/mol. The number of carbonyl (C=O) groups is 1. The lowest BCUT2D eigenvalue weighted by Gasteiger charge is -2.28. The molecule has 7 nitrogen and oxygen atoms in total. The number of hydrogen-bond acceptors (Lipinski definition) is 7. The summed E-state index contributed by atoms with van der Waals surface area (Å²) in [6.07, 6.45) is 6.64. The van der Waals surface area contributed by atoms with E-state index in [-0.39, 0.29) is 5.91 Å². The Bertz CT molecular complexity index is 1040. The van der Waals surface area contributed by atoms with Crippen molar-refractivity contribution >= 4 is 46.3 Å². The molecule has 0 spiro atoms. The van der Waals surface area contributed by atoms with E-state index in [1.807, 2.05) is 29.1 Å². The summed E-state index contributed by atoms with van der Waals surface area (Å²) in [6.45, 7) is 5.36. The second-order valence-corrected chi connectivity index (χ2v) is 10.2. The molecule has 0 bridgehead atoms. The molecule has 0 saturated carbocycles. The van der Waals surface area contributed by atoms with Crippen LogP contribution in [0.3, 0.4) is 0 Å². The molecule has 33 heavy (non-hydrogen) atoms. The van der Waals surface area contributed by atoms with Crippen molar-refractivity contribution in [1.82, 2.24) is 25.1 Å². The molecule has 0 atom stereocenters. The number of thioether (sulfide) groups is 2. The van der Waals surface area contributed by atoms with E-state index >= 15 is 0 Å². The molecule has 1 amide bonds. The molecule has 1 N–H and O–H groups in total. The molecule has 9 heteroatoms. The lowest BCUT2D eigenvalue weighted by Crippen LogP contribution is -2.30. The van der Waals surface area contributed by atoms with Gasteiger partial charge in [0.1, 0.15) is 5.82 Å². The summed E-state index contributed by atoms with van der Waals surface area (Å²) in [5, 5.41) is 9.43. The van der Waals surface area contributed by atoms with E-state index in [0.717, 1.165) is 53.0 Å². The number of hydrogen-bond donors (Lipinski definition) is 1. The Labute approximate surface area is 204 Å². The van der Waals surface area contributed by atoms with Crippen LogP contribution < -0.4 is 10.2 Å². The van der Waals surface area contributed by atoms with E-state index < -0.39 is 0 Å². The summed E-state index contributed by atoms with van der Waals surface area (Å²) >= 11 is 3.33. The molecule has 176 valence electrons. The van der Waals surface area contributed by atoms with Crippen LogP contribution in [0.15, 0.2) is 41.7 Å². The number of anilines is 1. The maximum Gasteiger partial charge on any atom is 0.230 e. The molecule has 1 aliphatic rings. The zero-order valence-electron chi connectivity index (χ0n) is 19.2. The molecule has 3 heterocycles. The molecule has 1 aromatic carbocycles. The van der Waals surface area contributed by atoms with Gasteiger partial charge in [-0.05, 0) is 31.2 Å². The quantitative estimate of drug-likeness (QED) is 0.320. The summed E-state index contributed by atoms with van der Waals surface area (Å²) in [5.41, 5.74) is 2.09. The average Bonchev–Trinajstić information content (AvgIpc) is 3.26. The number of benzene rings is 1. The zero-order chi connectivity index (χ0) is 22.9. The maximum atomic E-state index is 12.3. The highest BCUT2D eigenvalue weighted by Gasteiger charge is 2.20. The highest BCUT2D eigenvalue weighted by atomic mass is 32.2. The molecule has 1 aliphatic heterocycles. The summed E-state index contributed by atoms with van der Waals surface area (Å²) in [7, 11) is 0. The van der Waals surface area contributed by atoms with Crippen molar-refractivity contribution in [3.8, 4) is 0 Å². The van der Waals surface area contributed by atoms with Crippen molar-refractivity contribution in [2.75, 3.05) is 36.0 Å². The van der Waals surface area contributed by atoms with Crippen LogP contribution in [-0.2, 0) is 17.1 Å². The van der Waals surface area contributed by atoms with E-state index in [0.29, 0.717) is 18.8 Å². The zero-order valence-corrected chi connectivity index (χ0v) is 20.8. The molecule has 1 saturated heterocycles. The first-order valence-electron chi connectivity index (χ1n) is 11.7.